The molecule has 1 aromatic heterocycles. The molecule has 0 unspecified atom stereocenters. The SMILES string of the molecule is NS(=O)(=O)c1ccc(NCc2ncn[nH]2)c(F)c1. The molecule has 2 aromatic rings. The van der Waals surface area contributed by atoms with Crippen LogP contribution in [0.15, 0.2) is 29.4 Å². The number of hydrogen-bond donors (Lipinski definition) is 3. The van der Waals surface area contributed by atoms with E-state index in [0.717, 1.165) is 6.07 Å². The number of halogens is 1. The molecule has 0 fully saturated rings. The van der Waals surface area contributed by atoms with Crippen LogP contribution in [0.4, 0.5) is 10.1 Å². The number of benzene rings is 1. The molecule has 0 radical (unpaired) electrons. The second-order valence-corrected chi connectivity index (χ2v) is 5.03. The monoisotopic (exact) mass is 271 g/mol. The van der Waals surface area contributed by atoms with E-state index in [9.17, 15) is 12.8 Å². The third-order valence-electron chi connectivity index (χ3n) is 2.18. The normalized spacial score (nSPS) is 11.4. The quantitative estimate of drug-likeness (QED) is 0.735. The highest BCUT2D eigenvalue weighted by Gasteiger charge is 2.11. The van der Waals surface area contributed by atoms with Gasteiger partial charge in [-0.05, 0) is 18.2 Å². The van der Waals surface area contributed by atoms with Gasteiger partial charge in [0.15, 0.2) is 0 Å². The lowest BCUT2D eigenvalue weighted by molar-refractivity contribution is 0.592. The fourth-order valence-corrected chi connectivity index (χ4v) is 1.84. The zero-order chi connectivity index (χ0) is 13.2. The third-order valence-corrected chi connectivity index (χ3v) is 3.09. The fourth-order valence-electron chi connectivity index (χ4n) is 1.31. The number of primary sulfonamides is 1. The summed E-state index contributed by atoms with van der Waals surface area (Å²) >= 11 is 0. The van der Waals surface area contributed by atoms with Crippen LogP contribution in [0.5, 0.6) is 0 Å². The highest BCUT2D eigenvalue weighted by molar-refractivity contribution is 7.89. The van der Waals surface area contributed by atoms with E-state index in [2.05, 4.69) is 20.5 Å². The summed E-state index contributed by atoms with van der Waals surface area (Å²) in [5.74, 6) is -0.175. The smallest absolute Gasteiger partial charge is 0.238 e. The minimum Gasteiger partial charge on any atom is -0.375 e. The number of aromatic nitrogens is 3. The number of nitrogens with two attached hydrogens (primary N) is 1. The third kappa shape index (κ3) is 2.81. The lowest BCUT2D eigenvalue weighted by Gasteiger charge is -2.06. The summed E-state index contributed by atoms with van der Waals surface area (Å²) in [4.78, 5) is 3.58. The molecule has 0 saturated carbocycles. The minimum atomic E-state index is -3.90. The molecule has 0 atom stereocenters. The summed E-state index contributed by atoms with van der Waals surface area (Å²) in [6, 6.07) is 3.38. The van der Waals surface area contributed by atoms with Crippen LogP contribution in [0.2, 0.25) is 0 Å². The molecule has 0 amide bonds. The van der Waals surface area contributed by atoms with Crippen molar-refractivity contribution >= 4 is 15.7 Å². The van der Waals surface area contributed by atoms with Crippen molar-refractivity contribution in [2.75, 3.05) is 5.32 Å². The first-order chi connectivity index (χ1) is 8.47. The lowest BCUT2D eigenvalue weighted by atomic mass is 10.3. The van der Waals surface area contributed by atoms with E-state index in [1.807, 2.05) is 0 Å². The van der Waals surface area contributed by atoms with E-state index in [1.54, 1.807) is 0 Å². The van der Waals surface area contributed by atoms with Gasteiger partial charge in [0.2, 0.25) is 10.0 Å². The predicted molar refractivity (Wildman–Crippen MR) is 61.5 cm³/mol. The van der Waals surface area contributed by atoms with Crippen molar-refractivity contribution in [3.63, 3.8) is 0 Å². The zero-order valence-electron chi connectivity index (χ0n) is 9.09. The van der Waals surface area contributed by atoms with E-state index in [4.69, 9.17) is 5.14 Å². The van der Waals surface area contributed by atoms with Gasteiger partial charge in [0.25, 0.3) is 0 Å². The van der Waals surface area contributed by atoms with Crippen LogP contribution in [-0.4, -0.2) is 23.6 Å². The summed E-state index contributed by atoms with van der Waals surface area (Å²) in [5.41, 5.74) is 0.152. The Bertz CT molecular complexity index is 641. The molecule has 2 rings (SSSR count). The lowest BCUT2D eigenvalue weighted by Crippen LogP contribution is -2.13. The van der Waals surface area contributed by atoms with E-state index < -0.39 is 15.8 Å². The Balaban J connectivity index is 2.15. The Morgan fingerprint density at radius 1 is 1.44 bits per heavy atom. The molecule has 4 N–H and O–H groups in total. The summed E-state index contributed by atoms with van der Waals surface area (Å²) in [7, 11) is -3.90. The van der Waals surface area contributed by atoms with Gasteiger partial charge in [0.1, 0.15) is 18.0 Å². The van der Waals surface area contributed by atoms with Gasteiger partial charge >= 0.3 is 0 Å². The molecule has 18 heavy (non-hydrogen) atoms. The highest BCUT2D eigenvalue weighted by Crippen LogP contribution is 2.18. The standard InChI is InChI=1S/C9H10FN5O2S/c10-7-3-6(18(11,16)17)1-2-8(7)12-4-9-13-5-14-15-9/h1-3,5,12H,4H2,(H2,11,16,17)(H,13,14,15). The van der Waals surface area contributed by atoms with Crippen LogP contribution in [0, 0.1) is 5.82 Å². The van der Waals surface area contributed by atoms with Gasteiger partial charge in [-0.25, -0.2) is 22.9 Å². The highest BCUT2D eigenvalue weighted by atomic mass is 32.2. The molecule has 0 aliphatic heterocycles. The molecule has 96 valence electrons. The van der Waals surface area contributed by atoms with E-state index >= 15 is 0 Å². The molecule has 0 saturated heterocycles. The first-order valence-corrected chi connectivity index (χ1v) is 6.42. The topological polar surface area (TPSA) is 114 Å². The summed E-state index contributed by atoms with van der Waals surface area (Å²) < 4.78 is 35.6. The number of nitrogens with one attached hydrogen (secondary N) is 2. The van der Waals surface area contributed by atoms with Gasteiger partial charge in [0, 0.05) is 0 Å². The van der Waals surface area contributed by atoms with Crippen LogP contribution in [0.25, 0.3) is 0 Å². The second-order valence-electron chi connectivity index (χ2n) is 3.47. The van der Waals surface area contributed by atoms with Crippen molar-refractivity contribution in [2.24, 2.45) is 5.14 Å². The molecule has 1 heterocycles. The van der Waals surface area contributed by atoms with Crippen molar-refractivity contribution in [1.29, 1.82) is 0 Å². The van der Waals surface area contributed by atoms with Crippen molar-refractivity contribution < 1.29 is 12.8 Å². The van der Waals surface area contributed by atoms with Crippen LogP contribution in [0.1, 0.15) is 5.82 Å². The first kappa shape index (κ1) is 12.5. The van der Waals surface area contributed by atoms with Gasteiger partial charge in [-0.3, -0.25) is 5.10 Å². The molecular formula is C9H10FN5O2S. The predicted octanol–water partition coefficient (Wildman–Crippen LogP) is 0.203. The molecule has 1 aromatic carbocycles. The molecule has 0 bridgehead atoms. The Morgan fingerprint density at radius 3 is 2.78 bits per heavy atom. The average molecular weight is 271 g/mol. The Kier molecular flexibility index (Phi) is 3.26. The number of rotatable bonds is 4. The van der Waals surface area contributed by atoms with Crippen molar-refractivity contribution in [2.45, 2.75) is 11.4 Å². The average Bonchev–Trinajstić information content (AvgIpc) is 2.79. The zero-order valence-corrected chi connectivity index (χ0v) is 9.91. The molecule has 0 aliphatic rings. The van der Waals surface area contributed by atoms with Gasteiger partial charge < -0.3 is 5.32 Å². The number of H-pyrrole nitrogens is 1. The molecule has 7 nitrogen and oxygen atoms in total. The number of nitrogens with zero attached hydrogens (tertiary/aromatic N) is 2. The Labute approximate surface area is 102 Å². The minimum absolute atomic E-state index is 0.152. The van der Waals surface area contributed by atoms with Crippen LogP contribution in [0.3, 0.4) is 0 Å². The van der Waals surface area contributed by atoms with E-state index in [-0.39, 0.29) is 17.1 Å². The Morgan fingerprint density at radius 2 is 2.22 bits per heavy atom. The summed E-state index contributed by atoms with van der Waals surface area (Å²) in [6.07, 6.45) is 1.33. The van der Waals surface area contributed by atoms with Crippen molar-refractivity contribution in [1.82, 2.24) is 15.2 Å². The number of hydrogen-bond acceptors (Lipinski definition) is 5. The maximum absolute atomic E-state index is 13.6. The van der Waals surface area contributed by atoms with Crippen molar-refractivity contribution in [3.8, 4) is 0 Å². The summed E-state index contributed by atoms with van der Waals surface area (Å²) in [6.45, 7) is 0.242. The number of aromatic amines is 1. The molecule has 9 heteroatoms. The van der Waals surface area contributed by atoms with E-state index in [0.29, 0.717) is 5.82 Å². The Hall–Kier alpha value is -2.00. The van der Waals surface area contributed by atoms with Gasteiger partial charge in [-0.1, -0.05) is 0 Å². The largest absolute Gasteiger partial charge is 0.375 e. The molecular weight excluding hydrogens is 261 g/mol. The van der Waals surface area contributed by atoms with Gasteiger partial charge in [0.05, 0.1) is 17.1 Å². The maximum atomic E-state index is 13.6. The van der Waals surface area contributed by atoms with E-state index in [1.165, 1.54) is 18.5 Å². The van der Waals surface area contributed by atoms with Crippen LogP contribution < -0.4 is 10.5 Å². The first-order valence-electron chi connectivity index (χ1n) is 4.87. The summed E-state index contributed by atoms with van der Waals surface area (Å²) in [5, 5.41) is 13.9. The molecule has 0 spiro atoms. The number of anilines is 1. The second kappa shape index (κ2) is 4.70. The van der Waals surface area contributed by atoms with Gasteiger partial charge in [-0.15, -0.1) is 0 Å². The van der Waals surface area contributed by atoms with Gasteiger partial charge in [-0.2, -0.15) is 5.10 Å². The van der Waals surface area contributed by atoms with Crippen LogP contribution >= 0.6 is 0 Å². The van der Waals surface area contributed by atoms with Crippen LogP contribution in [-0.2, 0) is 16.6 Å². The molecule has 0 aliphatic carbocycles. The maximum Gasteiger partial charge on any atom is 0.238 e. The van der Waals surface area contributed by atoms with Crippen molar-refractivity contribution in [3.05, 3.63) is 36.2 Å². The fraction of sp³-hybridized carbons (Fsp3) is 0.111. The number of sulfonamides is 1.